The highest BCUT2D eigenvalue weighted by molar-refractivity contribution is 7.14. The van der Waals surface area contributed by atoms with Crippen molar-refractivity contribution in [3.8, 4) is 16.4 Å². The number of hydrogen-bond acceptors (Lipinski definition) is 5. The molecule has 106 valence electrons. The summed E-state index contributed by atoms with van der Waals surface area (Å²) in [6, 6.07) is 2.02. The number of hydrogen-bond donors (Lipinski definition) is 0. The minimum Gasteiger partial charge on any atom is -0.461 e. The molecule has 0 radical (unpaired) electrons. The van der Waals surface area contributed by atoms with Gasteiger partial charge in [-0.25, -0.2) is 14.8 Å². The third kappa shape index (κ3) is 1.74. The topological polar surface area (TPSA) is 61.9 Å². The fraction of sp³-hybridized carbons (Fsp3) is 0.214. The molecular formula is C14H12N4O2S. The maximum atomic E-state index is 12.1. The van der Waals surface area contributed by atoms with Crippen LogP contribution in [-0.2, 0) is 11.3 Å². The molecule has 0 N–H and O–H groups in total. The SMILES string of the molecule is CCOC(=O)c1ncn2c1Cn1ccnc1-c1sccc1-2. The van der Waals surface area contributed by atoms with Crippen molar-refractivity contribution in [2.24, 2.45) is 0 Å². The lowest BCUT2D eigenvalue weighted by Gasteiger charge is -2.06. The van der Waals surface area contributed by atoms with Crippen LogP contribution in [0.1, 0.15) is 23.1 Å². The second kappa shape index (κ2) is 4.56. The van der Waals surface area contributed by atoms with Gasteiger partial charge < -0.3 is 9.30 Å². The smallest absolute Gasteiger partial charge is 0.358 e. The van der Waals surface area contributed by atoms with E-state index in [1.54, 1.807) is 30.8 Å². The van der Waals surface area contributed by atoms with E-state index in [2.05, 4.69) is 9.97 Å². The third-order valence-electron chi connectivity index (χ3n) is 3.48. The van der Waals surface area contributed by atoms with Gasteiger partial charge in [-0.15, -0.1) is 11.3 Å². The Labute approximate surface area is 124 Å². The lowest BCUT2D eigenvalue weighted by molar-refractivity contribution is 0.0518. The van der Waals surface area contributed by atoms with Crippen LogP contribution in [0.25, 0.3) is 16.4 Å². The molecule has 4 rings (SSSR count). The molecule has 3 aromatic heterocycles. The zero-order chi connectivity index (χ0) is 14.4. The molecule has 0 atom stereocenters. The van der Waals surface area contributed by atoms with Crippen molar-refractivity contribution in [2.45, 2.75) is 13.5 Å². The van der Waals surface area contributed by atoms with E-state index in [0.717, 1.165) is 22.1 Å². The highest BCUT2D eigenvalue weighted by Crippen LogP contribution is 2.35. The minimum absolute atomic E-state index is 0.338. The number of fused-ring (bicyclic) bond motifs is 5. The van der Waals surface area contributed by atoms with Gasteiger partial charge in [0.25, 0.3) is 0 Å². The second-order valence-electron chi connectivity index (χ2n) is 4.64. The van der Waals surface area contributed by atoms with Gasteiger partial charge in [0.1, 0.15) is 6.33 Å². The first-order valence-electron chi connectivity index (χ1n) is 6.62. The maximum absolute atomic E-state index is 12.1. The number of carbonyl (C=O) groups excluding carboxylic acids is 1. The van der Waals surface area contributed by atoms with Crippen LogP contribution in [0.3, 0.4) is 0 Å². The van der Waals surface area contributed by atoms with E-state index >= 15 is 0 Å². The van der Waals surface area contributed by atoms with Crippen LogP contribution in [0.5, 0.6) is 0 Å². The molecule has 3 aromatic rings. The Kier molecular flexibility index (Phi) is 2.68. The number of aromatic nitrogens is 4. The molecular weight excluding hydrogens is 288 g/mol. The Morgan fingerprint density at radius 3 is 3.24 bits per heavy atom. The number of imidazole rings is 2. The first-order chi connectivity index (χ1) is 10.3. The first kappa shape index (κ1) is 12.3. The predicted octanol–water partition coefficient (Wildman–Crippen LogP) is 2.34. The summed E-state index contributed by atoms with van der Waals surface area (Å²) in [6.07, 6.45) is 5.37. The Morgan fingerprint density at radius 1 is 1.48 bits per heavy atom. The van der Waals surface area contributed by atoms with Crippen LogP contribution in [-0.4, -0.2) is 31.7 Å². The molecule has 0 saturated carbocycles. The first-order valence-corrected chi connectivity index (χ1v) is 7.50. The lowest BCUT2D eigenvalue weighted by Crippen LogP contribution is -2.11. The molecule has 0 amide bonds. The molecule has 0 saturated heterocycles. The highest BCUT2D eigenvalue weighted by Gasteiger charge is 2.26. The van der Waals surface area contributed by atoms with Gasteiger partial charge in [0.15, 0.2) is 11.5 Å². The van der Waals surface area contributed by atoms with Gasteiger partial charge in [0.2, 0.25) is 0 Å². The zero-order valence-electron chi connectivity index (χ0n) is 11.3. The summed E-state index contributed by atoms with van der Waals surface area (Å²) in [6.45, 7) is 2.67. The molecule has 6 nitrogen and oxygen atoms in total. The molecule has 21 heavy (non-hydrogen) atoms. The van der Waals surface area contributed by atoms with Crippen LogP contribution in [0.15, 0.2) is 30.2 Å². The zero-order valence-corrected chi connectivity index (χ0v) is 12.1. The summed E-state index contributed by atoms with van der Waals surface area (Å²) in [4.78, 5) is 21.8. The van der Waals surface area contributed by atoms with Crippen LogP contribution in [0.2, 0.25) is 0 Å². The van der Waals surface area contributed by atoms with Crippen molar-refractivity contribution < 1.29 is 9.53 Å². The second-order valence-corrected chi connectivity index (χ2v) is 5.56. The summed E-state index contributed by atoms with van der Waals surface area (Å²) in [5.41, 5.74) is 2.20. The van der Waals surface area contributed by atoms with Gasteiger partial charge in [-0.05, 0) is 18.4 Å². The highest BCUT2D eigenvalue weighted by atomic mass is 32.1. The summed E-state index contributed by atoms with van der Waals surface area (Å²) in [7, 11) is 0. The lowest BCUT2D eigenvalue weighted by atomic mass is 10.3. The summed E-state index contributed by atoms with van der Waals surface area (Å²) in [5, 5.41) is 2.02. The fourth-order valence-electron chi connectivity index (χ4n) is 2.57. The van der Waals surface area contributed by atoms with Crippen molar-refractivity contribution in [3.63, 3.8) is 0 Å². The molecule has 1 aliphatic rings. The van der Waals surface area contributed by atoms with Crippen molar-refractivity contribution in [3.05, 3.63) is 41.6 Å². The van der Waals surface area contributed by atoms with Gasteiger partial charge >= 0.3 is 5.97 Å². The number of rotatable bonds is 2. The number of ether oxygens (including phenoxy) is 1. The van der Waals surface area contributed by atoms with Crippen LogP contribution in [0, 0.1) is 0 Å². The molecule has 0 aliphatic carbocycles. The molecule has 4 heterocycles. The van der Waals surface area contributed by atoms with Gasteiger partial charge in [0.05, 0.1) is 29.4 Å². The van der Waals surface area contributed by atoms with Gasteiger partial charge in [0, 0.05) is 12.4 Å². The Morgan fingerprint density at radius 2 is 2.38 bits per heavy atom. The third-order valence-corrected chi connectivity index (χ3v) is 4.38. The van der Waals surface area contributed by atoms with Gasteiger partial charge in [-0.3, -0.25) is 4.57 Å². The summed E-state index contributed by atoms with van der Waals surface area (Å²) >= 11 is 1.63. The number of thiophene rings is 1. The summed E-state index contributed by atoms with van der Waals surface area (Å²) in [5.74, 6) is 0.533. The van der Waals surface area contributed by atoms with Crippen molar-refractivity contribution in [1.29, 1.82) is 0 Å². The van der Waals surface area contributed by atoms with E-state index in [9.17, 15) is 4.79 Å². The van der Waals surface area contributed by atoms with E-state index < -0.39 is 0 Å². The quantitative estimate of drug-likeness (QED) is 0.533. The normalized spacial score (nSPS) is 12.2. The maximum Gasteiger partial charge on any atom is 0.358 e. The summed E-state index contributed by atoms with van der Waals surface area (Å²) < 4.78 is 9.07. The average molecular weight is 300 g/mol. The number of esters is 1. The largest absolute Gasteiger partial charge is 0.461 e. The van der Waals surface area contributed by atoms with Crippen molar-refractivity contribution in [1.82, 2.24) is 19.1 Å². The Bertz CT molecular complexity index is 830. The Hall–Kier alpha value is -2.41. The molecule has 0 fully saturated rings. The van der Waals surface area contributed by atoms with Crippen LogP contribution >= 0.6 is 11.3 Å². The van der Waals surface area contributed by atoms with E-state index in [4.69, 9.17) is 4.74 Å². The monoisotopic (exact) mass is 300 g/mol. The van der Waals surface area contributed by atoms with Crippen molar-refractivity contribution in [2.75, 3.05) is 6.61 Å². The van der Waals surface area contributed by atoms with Crippen molar-refractivity contribution >= 4 is 17.3 Å². The molecule has 0 spiro atoms. The molecule has 0 bridgehead atoms. The molecule has 7 heteroatoms. The minimum atomic E-state index is -0.383. The van der Waals surface area contributed by atoms with E-state index in [1.807, 2.05) is 26.8 Å². The Balaban J connectivity index is 1.94. The molecule has 0 unspecified atom stereocenters. The predicted molar refractivity (Wildman–Crippen MR) is 77.7 cm³/mol. The van der Waals surface area contributed by atoms with E-state index in [-0.39, 0.29) is 5.97 Å². The van der Waals surface area contributed by atoms with E-state index in [1.165, 1.54) is 0 Å². The number of carbonyl (C=O) groups is 1. The van der Waals surface area contributed by atoms with Gasteiger partial charge in [-0.2, -0.15) is 0 Å². The fourth-order valence-corrected chi connectivity index (χ4v) is 3.46. The van der Waals surface area contributed by atoms with E-state index in [0.29, 0.717) is 18.8 Å². The standard InChI is InChI=1S/C14H12N4O2S/c1-2-20-14(19)11-10-7-17-5-4-15-13(17)12-9(3-6-21-12)18(10)8-16-11/h3-6,8H,2,7H2,1H3. The van der Waals surface area contributed by atoms with Crippen LogP contribution in [0.4, 0.5) is 0 Å². The molecule has 1 aliphatic heterocycles. The number of nitrogens with zero attached hydrogens (tertiary/aromatic N) is 4. The van der Waals surface area contributed by atoms with Gasteiger partial charge in [-0.1, -0.05) is 0 Å². The average Bonchev–Trinajstić information content (AvgIpc) is 3.17. The molecule has 0 aromatic carbocycles. The van der Waals surface area contributed by atoms with Crippen LogP contribution < -0.4 is 0 Å².